The Morgan fingerprint density at radius 2 is 2.03 bits per heavy atom. The van der Waals surface area contributed by atoms with Gasteiger partial charge in [0.05, 0.1) is 28.4 Å². The van der Waals surface area contributed by atoms with Crippen LogP contribution in [0.15, 0.2) is 64.9 Å². The molecule has 5 rings (SSSR count). The number of pyridine rings is 2. The summed E-state index contributed by atoms with van der Waals surface area (Å²) in [5.41, 5.74) is 2.48. The van der Waals surface area contributed by atoms with E-state index >= 15 is 0 Å². The zero-order valence-corrected chi connectivity index (χ0v) is 16.8. The summed E-state index contributed by atoms with van der Waals surface area (Å²) in [7, 11) is 1.65. The minimum absolute atomic E-state index is 0.0473. The number of aromatic nitrogens is 1. The van der Waals surface area contributed by atoms with Gasteiger partial charge in [0.15, 0.2) is 0 Å². The molecule has 29 heavy (non-hydrogen) atoms. The van der Waals surface area contributed by atoms with Crippen LogP contribution in [0.4, 0.5) is 0 Å². The molecule has 146 valence electrons. The number of nitrogens with zero attached hydrogens (tertiary/aromatic N) is 2. The average molecular weight is 404 g/mol. The van der Waals surface area contributed by atoms with Gasteiger partial charge in [-0.1, -0.05) is 30.3 Å². The third-order valence-electron chi connectivity index (χ3n) is 5.63. The van der Waals surface area contributed by atoms with Gasteiger partial charge in [-0.05, 0) is 40.9 Å². The van der Waals surface area contributed by atoms with Crippen LogP contribution in [0.25, 0.3) is 26.7 Å². The first-order valence-corrected chi connectivity index (χ1v) is 10.5. The number of rotatable bonds is 4. The fourth-order valence-electron chi connectivity index (χ4n) is 4.02. The Labute approximate surface area is 171 Å². The molecule has 0 N–H and O–H groups in total. The highest BCUT2D eigenvalue weighted by Crippen LogP contribution is 2.31. The van der Waals surface area contributed by atoms with E-state index in [-0.39, 0.29) is 17.5 Å². The number of amides is 1. The number of hydrogen-bond donors (Lipinski definition) is 0. The van der Waals surface area contributed by atoms with Gasteiger partial charge in [0, 0.05) is 25.4 Å². The van der Waals surface area contributed by atoms with Crippen LogP contribution in [0.5, 0.6) is 0 Å². The lowest BCUT2D eigenvalue weighted by molar-refractivity contribution is 0.0203. The van der Waals surface area contributed by atoms with Crippen LogP contribution in [0.1, 0.15) is 16.8 Å². The van der Waals surface area contributed by atoms with Gasteiger partial charge in [0.25, 0.3) is 11.5 Å². The number of fused-ring (bicyclic) bond motifs is 3. The van der Waals surface area contributed by atoms with E-state index in [0.29, 0.717) is 29.8 Å². The van der Waals surface area contributed by atoms with Gasteiger partial charge in [-0.2, -0.15) is 0 Å². The first kappa shape index (κ1) is 18.1. The van der Waals surface area contributed by atoms with Gasteiger partial charge in [0.2, 0.25) is 0 Å². The Morgan fingerprint density at radius 1 is 1.21 bits per heavy atom. The normalized spacial score (nSPS) is 16.3. The molecule has 1 aromatic carbocycles. The molecule has 0 bridgehead atoms. The zero-order valence-electron chi connectivity index (χ0n) is 16.0. The van der Waals surface area contributed by atoms with Gasteiger partial charge in [-0.3, -0.25) is 14.0 Å². The number of benzene rings is 1. The number of hydrogen-bond acceptors (Lipinski definition) is 4. The van der Waals surface area contributed by atoms with E-state index in [4.69, 9.17) is 4.74 Å². The summed E-state index contributed by atoms with van der Waals surface area (Å²) in [6.45, 7) is 1.23. The highest BCUT2D eigenvalue weighted by atomic mass is 32.1. The fourth-order valence-corrected chi connectivity index (χ4v) is 4.97. The largest absolute Gasteiger partial charge is 0.383 e. The molecule has 1 fully saturated rings. The minimum atomic E-state index is -0.116. The van der Waals surface area contributed by atoms with Crippen LogP contribution >= 0.6 is 11.3 Å². The summed E-state index contributed by atoms with van der Waals surface area (Å²) in [6, 6.07) is 15.3. The van der Waals surface area contributed by atoms with Crippen LogP contribution < -0.4 is 5.56 Å². The third-order valence-corrected chi connectivity index (χ3v) is 6.56. The molecule has 5 nitrogen and oxygen atoms in total. The second kappa shape index (κ2) is 7.13. The molecule has 4 aromatic rings. The van der Waals surface area contributed by atoms with Gasteiger partial charge in [0.1, 0.15) is 0 Å². The lowest BCUT2D eigenvalue weighted by Crippen LogP contribution is -2.53. The van der Waals surface area contributed by atoms with E-state index in [0.717, 1.165) is 22.1 Å². The second-order valence-electron chi connectivity index (χ2n) is 7.28. The molecule has 0 aliphatic carbocycles. The summed E-state index contributed by atoms with van der Waals surface area (Å²) in [4.78, 5) is 28.7. The number of carbonyl (C=O) groups is 1. The van der Waals surface area contributed by atoms with Crippen molar-refractivity contribution in [2.45, 2.75) is 12.5 Å². The molecule has 4 heterocycles. The van der Waals surface area contributed by atoms with Gasteiger partial charge in [-0.15, -0.1) is 11.3 Å². The van der Waals surface area contributed by atoms with E-state index in [1.54, 1.807) is 35.1 Å². The third kappa shape index (κ3) is 2.87. The van der Waals surface area contributed by atoms with E-state index in [2.05, 4.69) is 0 Å². The molecule has 1 unspecified atom stereocenters. The molecule has 1 atom stereocenters. The molecule has 1 aliphatic rings. The fraction of sp³-hybridized carbons (Fsp3) is 0.217. The maximum Gasteiger partial charge on any atom is 0.263 e. The first-order valence-electron chi connectivity index (χ1n) is 9.60. The minimum Gasteiger partial charge on any atom is -0.383 e. The summed E-state index contributed by atoms with van der Waals surface area (Å²) in [6.07, 6.45) is 2.71. The number of ether oxygens (including phenoxy) is 1. The Bertz CT molecular complexity index is 1280. The van der Waals surface area contributed by atoms with E-state index < -0.39 is 0 Å². The SMILES string of the molecule is COCC1CCN1C(=O)c1cc(-c2ccccc2)c(=O)n2ccc3ccsc3c12. The lowest BCUT2D eigenvalue weighted by Gasteiger charge is -2.40. The highest BCUT2D eigenvalue weighted by molar-refractivity contribution is 7.18. The Morgan fingerprint density at radius 3 is 2.76 bits per heavy atom. The maximum atomic E-state index is 13.5. The van der Waals surface area contributed by atoms with Crippen molar-refractivity contribution >= 4 is 32.8 Å². The summed E-state index contributed by atoms with van der Waals surface area (Å²) >= 11 is 1.55. The van der Waals surface area contributed by atoms with Crippen molar-refractivity contribution in [1.29, 1.82) is 0 Å². The molecule has 6 heteroatoms. The zero-order chi connectivity index (χ0) is 20.0. The predicted octanol–water partition coefficient (Wildman–Crippen LogP) is 4.04. The van der Waals surface area contributed by atoms with Crippen LogP contribution in [0.3, 0.4) is 0 Å². The second-order valence-corrected chi connectivity index (χ2v) is 8.19. The van der Waals surface area contributed by atoms with Crippen LogP contribution in [-0.4, -0.2) is 41.5 Å². The first-order chi connectivity index (χ1) is 14.2. The van der Waals surface area contributed by atoms with Crippen molar-refractivity contribution in [3.63, 3.8) is 0 Å². The lowest BCUT2D eigenvalue weighted by atomic mass is 9.99. The molecule has 3 aromatic heterocycles. The van der Waals surface area contributed by atoms with Gasteiger partial charge >= 0.3 is 0 Å². The molecular weight excluding hydrogens is 384 g/mol. The number of carbonyl (C=O) groups excluding carboxylic acids is 1. The number of methoxy groups -OCH3 is 1. The predicted molar refractivity (Wildman–Crippen MR) is 116 cm³/mol. The van der Waals surface area contributed by atoms with Gasteiger partial charge < -0.3 is 9.64 Å². The molecule has 0 saturated carbocycles. The highest BCUT2D eigenvalue weighted by Gasteiger charge is 2.34. The molecular formula is C23H20N2O3S. The molecule has 1 saturated heterocycles. The summed E-state index contributed by atoms with van der Waals surface area (Å²) in [5.74, 6) is -0.0473. The quantitative estimate of drug-likeness (QED) is 0.516. The van der Waals surface area contributed by atoms with E-state index in [1.807, 2.05) is 52.7 Å². The molecule has 1 amide bonds. The average Bonchev–Trinajstić information content (AvgIpc) is 3.21. The number of thiophene rings is 1. The van der Waals surface area contributed by atoms with E-state index in [9.17, 15) is 9.59 Å². The van der Waals surface area contributed by atoms with Crippen molar-refractivity contribution in [3.05, 3.63) is 76.0 Å². The Hall–Kier alpha value is -2.96. The molecule has 0 spiro atoms. The van der Waals surface area contributed by atoms with Crippen molar-refractivity contribution in [1.82, 2.24) is 9.30 Å². The Balaban J connectivity index is 1.78. The van der Waals surface area contributed by atoms with Crippen molar-refractivity contribution in [2.24, 2.45) is 0 Å². The summed E-state index contributed by atoms with van der Waals surface area (Å²) < 4.78 is 7.85. The van der Waals surface area contributed by atoms with E-state index in [1.165, 1.54) is 0 Å². The van der Waals surface area contributed by atoms with Crippen molar-refractivity contribution in [3.8, 4) is 11.1 Å². The topological polar surface area (TPSA) is 51.0 Å². The maximum absolute atomic E-state index is 13.5. The standard InChI is InChI=1S/C23H20N2O3S/c1-28-14-17-8-11-24(17)23(27)19-13-18(15-5-3-2-4-6-15)22(26)25-10-7-16-9-12-29-21(16)20(19)25/h2-7,9-10,12-13,17H,8,11,14H2,1H3. The Kier molecular flexibility index (Phi) is 4.45. The van der Waals surface area contributed by atoms with Crippen molar-refractivity contribution in [2.75, 3.05) is 20.3 Å². The summed E-state index contributed by atoms with van der Waals surface area (Å²) in [5, 5.41) is 3.03. The van der Waals surface area contributed by atoms with Crippen LogP contribution in [-0.2, 0) is 4.74 Å². The van der Waals surface area contributed by atoms with Crippen LogP contribution in [0, 0.1) is 0 Å². The molecule has 1 aliphatic heterocycles. The number of likely N-dealkylation sites (tertiary alicyclic amines) is 1. The smallest absolute Gasteiger partial charge is 0.263 e. The van der Waals surface area contributed by atoms with Crippen molar-refractivity contribution < 1.29 is 9.53 Å². The molecule has 0 radical (unpaired) electrons. The monoisotopic (exact) mass is 404 g/mol. The van der Waals surface area contributed by atoms with Gasteiger partial charge in [-0.25, -0.2) is 0 Å². The van der Waals surface area contributed by atoms with Crippen LogP contribution in [0.2, 0.25) is 0 Å².